The molecule has 0 bridgehead atoms. The molecule has 2 aromatic carbocycles. The van der Waals surface area contributed by atoms with Crippen LogP contribution in [0.5, 0.6) is 0 Å². The number of halogens is 1. The lowest BCUT2D eigenvalue weighted by atomic mass is 10.1. The minimum absolute atomic E-state index is 0.0798. The van der Waals surface area contributed by atoms with Crippen molar-refractivity contribution in [2.24, 2.45) is 0 Å². The zero-order valence-electron chi connectivity index (χ0n) is 10.5. The number of alkyl halides is 1. The smallest absolute Gasteiger partial charge is 0.124 e. The van der Waals surface area contributed by atoms with Crippen molar-refractivity contribution in [3.63, 3.8) is 0 Å². The lowest BCUT2D eigenvalue weighted by Gasteiger charge is -2.09. The average molecular weight is 277 g/mol. The summed E-state index contributed by atoms with van der Waals surface area (Å²) in [6, 6.07) is 18.4. The Kier molecular flexibility index (Phi) is 5.24. The molecular weight excluding hydrogens is 261 g/mol. The van der Waals surface area contributed by atoms with Crippen molar-refractivity contribution in [2.75, 3.05) is 6.54 Å². The fourth-order valence-electron chi connectivity index (χ4n) is 1.74. The summed E-state index contributed by atoms with van der Waals surface area (Å²) in [5.74, 6) is 0. The SMILES string of the molecule is O=S(NCC(F)Cc1ccccc1)c1ccccc1. The molecule has 100 valence electrons. The summed E-state index contributed by atoms with van der Waals surface area (Å²) in [4.78, 5) is 0.661. The van der Waals surface area contributed by atoms with Crippen LogP contribution in [-0.2, 0) is 17.4 Å². The van der Waals surface area contributed by atoms with Crippen LogP contribution in [0.1, 0.15) is 5.56 Å². The van der Waals surface area contributed by atoms with Crippen molar-refractivity contribution in [1.29, 1.82) is 0 Å². The first-order valence-electron chi connectivity index (χ1n) is 6.14. The van der Waals surface area contributed by atoms with E-state index in [9.17, 15) is 8.60 Å². The highest BCUT2D eigenvalue weighted by Crippen LogP contribution is 2.07. The molecule has 0 aliphatic heterocycles. The maximum Gasteiger partial charge on any atom is 0.124 e. The Bertz CT molecular complexity index is 518. The first kappa shape index (κ1) is 13.9. The fourth-order valence-corrected chi connectivity index (χ4v) is 2.64. The minimum atomic E-state index is -1.35. The van der Waals surface area contributed by atoms with Gasteiger partial charge in [-0.25, -0.2) is 13.3 Å². The lowest BCUT2D eigenvalue weighted by molar-refractivity contribution is 0.333. The number of nitrogens with one attached hydrogen (secondary N) is 1. The van der Waals surface area contributed by atoms with Gasteiger partial charge in [-0.3, -0.25) is 0 Å². The summed E-state index contributed by atoms with van der Waals surface area (Å²) in [5.41, 5.74) is 0.947. The number of hydrogen-bond donors (Lipinski definition) is 1. The number of benzene rings is 2. The Hall–Kier alpha value is -1.52. The monoisotopic (exact) mass is 277 g/mol. The largest absolute Gasteiger partial charge is 0.246 e. The first-order valence-corrected chi connectivity index (χ1v) is 7.29. The van der Waals surface area contributed by atoms with Crippen LogP contribution in [0.2, 0.25) is 0 Å². The van der Waals surface area contributed by atoms with Gasteiger partial charge in [-0.1, -0.05) is 48.5 Å². The van der Waals surface area contributed by atoms with E-state index in [1.54, 1.807) is 12.1 Å². The van der Waals surface area contributed by atoms with Crippen LogP contribution < -0.4 is 4.72 Å². The second-order valence-electron chi connectivity index (χ2n) is 4.22. The third kappa shape index (κ3) is 4.58. The summed E-state index contributed by atoms with van der Waals surface area (Å²) in [5, 5.41) is 0. The Morgan fingerprint density at radius 1 is 1.00 bits per heavy atom. The molecule has 2 atom stereocenters. The molecule has 2 rings (SSSR count). The van der Waals surface area contributed by atoms with E-state index >= 15 is 0 Å². The van der Waals surface area contributed by atoms with Crippen LogP contribution in [-0.4, -0.2) is 16.9 Å². The zero-order chi connectivity index (χ0) is 13.5. The molecule has 4 heteroatoms. The molecule has 0 aliphatic rings. The van der Waals surface area contributed by atoms with Crippen LogP contribution in [0, 0.1) is 0 Å². The fraction of sp³-hybridized carbons (Fsp3) is 0.200. The molecule has 0 saturated carbocycles. The highest BCUT2D eigenvalue weighted by Gasteiger charge is 2.10. The molecule has 19 heavy (non-hydrogen) atoms. The van der Waals surface area contributed by atoms with Gasteiger partial charge in [-0.2, -0.15) is 0 Å². The van der Waals surface area contributed by atoms with E-state index in [2.05, 4.69) is 4.72 Å². The molecule has 0 fully saturated rings. The van der Waals surface area contributed by atoms with Crippen molar-refractivity contribution in [1.82, 2.24) is 4.72 Å². The van der Waals surface area contributed by atoms with Gasteiger partial charge < -0.3 is 0 Å². The quantitative estimate of drug-likeness (QED) is 0.864. The van der Waals surface area contributed by atoms with Gasteiger partial charge in [-0.15, -0.1) is 0 Å². The molecule has 0 spiro atoms. The Morgan fingerprint density at radius 3 is 2.21 bits per heavy atom. The molecule has 0 saturated heterocycles. The van der Waals surface area contributed by atoms with E-state index < -0.39 is 17.2 Å². The second-order valence-corrected chi connectivity index (χ2v) is 5.51. The molecule has 0 aliphatic carbocycles. The van der Waals surface area contributed by atoms with Gasteiger partial charge >= 0.3 is 0 Å². The molecule has 1 N–H and O–H groups in total. The Morgan fingerprint density at radius 2 is 1.58 bits per heavy atom. The Labute approximate surface area is 115 Å². The third-order valence-corrected chi connectivity index (χ3v) is 3.82. The van der Waals surface area contributed by atoms with Crippen molar-refractivity contribution in [3.8, 4) is 0 Å². The summed E-state index contributed by atoms with van der Waals surface area (Å²) in [7, 11) is -1.35. The maximum atomic E-state index is 13.8. The summed E-state index contributed by atoms with van der Waals surface area (Å²) in [6.07, 6.45) is -0.713. The van der Waals surface area contributed by atoms with E-state index in [1.165, 1.54) is 0 Å². The van der Waals surface area contributed by atoms with E-state index in [0.29, 0.717) is 11.3 Å². The number of hydrogen-bond acceptors (Lipinski definition) is 1. The van der Waals surface area contributed by atoms with E-state index in [4.69, 9.17) is 0 Å². The number of rotatable bonds is 6. The molecule has 0 aromatic heterocycles. The van der Waals surface area contributed by atoms with Crippen LogP contribution in [0.25, 0.3) is 0 Å². The summed E-state index contributed by atoms with van der Waals surface area (Å²) < 4.78 is 28.3. The van der Waals surface area contributed by atoms with Crippen LogP contribution >= 0.6 is 0 Å². The van der Waals surface area contributed by atoms with Gasteiger partial charge in [0.1, 0.15) is 17.2 Å². The highest BCUT2D eigenvalue weighted by molar-refractivity contribution is 7.83. The van der Waals surface area contributed by atoms with Crippen LogP contribution in [0.4, 0.5) is 4.39 Å². The van der Waals surface area contributed by atoms with Crippen LogP contribution in [0.3, 0.4) is 0 Å². The van der Waals surface area contributed by atoms with E-state index in [-0.39, 0.29) is 6.54 Å². The summed E-state index contributed by atoms with van der Waals surface area (Å²) >= 11 is 0. The van der Waals surface area contributed by atoms with Gasteiger partial charge in [0.15, 0.2) is 0 Å². The molecular formula is C15H16FNOS. The molecule has 0 radical (unpaired) electrons. The van der Waals surface area contributed by atoms with E-state index in [0.717, 1.165) is 5.56 Å². The standard InChI is InChI=1S/C15H16FNOS/c16-14(11-13-7-3-1-4-8-13)12-17-19(18)15-9-5-2-6-10-15/h1-10,14,17H,11-12H2. The normalized spacial score (nSPS) is 13.9. The zero-order valence-corrected chi connectivity index (χ0v) is 11.3. The Balaban J connectivity index is 1.81. The predicted octanol–water partition coefficient (Wildman–Crippen LogP) is 2.88. The third-order valence-electron chi connectivity index (χ3n) is 2.69. The van der Waals surface area contributed by atoms with Crippen molar-refractivity contribution in [3.05, 3.63) is 66.2 Å². The average Bonchev–Trinajstić information content (AvgIpc) is 2.47. The predicted molar refractivity (Wildman–Crippen MR) is 75.9 cm³/mol. The van der Waals surface area contributed by atoms with Crippen LogP contribution in [0.15, 0.2) is 65.6 Å². The topological polar surface area (TPSA) is 29.1 Å². The van der Waals surface area contributed by atoms with E-state index in [1.807, 2.05) is 48.5 Å². The second kappa shape index (κ2) is 7.16. The summed E-state index contributed by atoms with van der Waals surface area (Å²) in [6.45, 7) is 0.0798. The van der Waals surface area contributed by atoms with Gasteiger partial charge in [0, 0.05) is 13.0 Å². The van der Waals surface area contributed by atoms with Gasteiger partial charge in [0.05, 0.1) is 4.90 Å². The van der Waals surface area contributed by atoms with Gasteiger partial charge in [0.25, 0.3) is 0 Å². The molecule has 2 unspecified atom stereocenters. The molecule has 2 nitrogen and oxygen atoms in total. The van der Waals surface area contributed by atoms with Crippen molar-refractivity contribution < 1.29 is 8.60 Å². The first-order chi connectivity index (χ1) is 9.25. The van der Waals surface area contributed by atoms with Crippen molar-refractivity contribution >= 4 is 11.0 Å². The minimum Gasteiger partial charge on any atom is -0.246 e. The molecule has 2 aromatic rings. The van der Waals surface area contributed by atoms with Crippen molar-refractivity contribution in [2.45, 2.75) is 17.5 Å². The van der Waals surface area contributed by atoms with Gasteiger partial charge in [-0.05, 0) is 17.7 Å². The molecule has 0 heterocycles. The molecule has 0 amide bonds. The maximum absolute atomic E-state index is 13.8. The lowest BCUT2D eigenvalue weighted by Crippen LogP contribution is -2.27. The van der Waals surface area contributed by atoms with Gasteiger partial charge in [0.2, 0.25) is 0 Å². The highest BCUT2D eigenvalue weighted by atomic mass is 32.2.